The molecule has 1 N–H and O–H groups in total. The number of hydrogen-bond donors (Lipinski definition) is 1. The smallest absolute Gasteiger partial charge is 0.335 e. The van der Waals surface area contributed by atoms with Gasteiger partial charge in [0.25, 0.3) is 0 Å². The molecule has 0 saturated heterocycles. The Morgan fingerprint density at radius 2 is 1.71 bits per heavy atom. The van der Waals surface area contributed by atoms with Crippen molar-refractivity contribution >= 4 is 11.7 Å². The number of carbonyl (C=O) groups is 1. The molecule has 1 rings (SSSR count). The Morgan fingerprint density at radius 3 is 2.14 bits per heavy atom. The van der Waals surface area contributed by atoms with Crippen LogP contribution in [0.4, 0.5) is 5.69 Å². The number of hydrogen-bond acceptors (Lipinski definition) is 6. The zero-order valence-electron chi connectivity index (χ0n) is 12.8. The molecule has 116 valence electrons. The van der Waals surface area contributed by atoms with Crippen molar-refractivity contribution in [2.24, 2.45) is 0 Å². The van der Waals surface area contributed by atoms with Crippen LogP contribution in [0, 0.1) is 0 Å². The minimum atomic E-state index is -0.419. The fourth-order valence-electron chi connectivity index (χ4n) is 1.70. The van der Waals surface area contributed by atoms with Gasteiger partial charge in [-0.1, -0.05) is 6.58 Å². The largest absolute Gasteiger partial charge is 0.493 e. The second kappa shape index (κ2) is 8.04. The highest BCUT2D eigenvalue weighted by Gasteiger charge is 2.14. The molecule has 6 heteroatoms. The Labute approximate surface area is 124 Å². The molecule has 6 nitrogen and oxygen atoms in total. The lowest BCUT2D eigenvalue weighted by Gasteiger charge is -2.15. The van der Waals surface area contributed by atoms with Gasteiger partial charge in [0.2, 0.25) is 5.75 Å². The highest BCUT2D eigenvalue weighted by Crippen LogP contribution is 2.39. The van der Waals surface area contributed by atoms with Crippen molar-refractivity contribution in [2.45, 2.75) is 6.92 Å². The van der Waals surface area contributed by atoms with E-state index in [2.05, 4.69) is 11.9 Å². The van der Waals surface area contributed by atoms with Crippen LogP contribution in [-0.4, -0.2) is 40.5 Å². The molecule has 0 aliphatic rings. The average molecular weight is 295 g/mol. The standard InChI is InChI=1S/C15H21NO5/c1-6-21-15(17)10(2)9-16-11-7-12(18-3)14(20-5)13(8-11)19-4/h7-8,16H,2,6,9H2,1,3-5H3. The molecule has 0 bridgehead atoms. The van der Waals surface area contributed by atoms with Gasteiger partial charge in [-0.05, 0) is 6.92 Å². The molecule has 0 unspecified atom stereocenters. The number of carbonyl (C=O) groups excluding carboxylic acids is 1. The maximum absolute atomic E-state index is 11.5. The molecule has 21 heavy (non-hydrogen) atoms. The lowest BCUT2D eigenvalue weighted by molar-refractivity contribution is -0.138. The molecular weight excluding hydrogens is 274 g/mol. The van der Waals surface area contributed by atoms with E-state index in [9.17, 15) is 4.79 Å². The number of nitrogens with one attached hydrogen (secondary N) is 1. The minimum absolute atomic E-state index is 0.261. The maximum atomic E-state index is 11.5. The summed E-state index contributed by atoms with van der Waals surface area (Å²) < 4.78 is 20.6. The van der Waals surface area contributed by atoms with Crippen LogP contribution in [-0.2, 0) is 9.53 Å². The molecule has 1 aromatic rings. The Morgan fingerprint density at radius 1 is 1.14 bits per heavy atom. The average Bonchev–Trinajstić information content (AvgIpc) is 2.51. The molecule has 0 aliphatic carbocycles. The van der Waals surface area contributed by atoms with Gasteiger partial charge < -0.3 is 24.3 Å². The first-order chi connectivity index (χ1) is 10.1. The number of benzene rings is 1. The highest BCUT2D eigenvalue weighted by molar-refractivity contribution is 5.88. The minimum Gasteiger partial charge on any atom is -0.493 e. The van der Waals surface area contributed by atoms with E-state index in [4.69, 9.17) is 18.9 Å². The first-order valence-electron chi connectivity index (χ1n) is 6.46. The number of anilines is 1. The summed E-state index contributed by atoms with van der Waals surface area (Å²) in [6.07, 6.45) is 0. The Hall–Kier alpha value is -2.37. The molecule has 0 spiro atoms. The van der Waals surface area contributed by atoms with Gasteiger partial charge in [-0.3, -0.25) is 0 Å². The number of methoxy groups -OCH3 is 3. The first-order valence-corrected chi connectivity index (χ1v) is 6.46. The fourth-order valence-corrected chi connectivity index (χ4v) is 1.70. The summed E-state index contributed by atoms with van der Waals surface area (Å²) in [4.78, 5) is 11.5. The second-order valence-electron chi connectivity index (χ2n) is 4.09. The molecule has 0 saturated carbocycles. The third-order valence-corrected chi connectivity index (χ3v) is 2.73. The molecule has 0 aromatic heterocycles. The quantitative estimate of drug-likeness (QED) is 0.586. The fraction of sp³-hybridized carbons (Fsp3) is 0.400. The van der Waals surface area contributed by atoms with Gasteiger partial charge in [-0.2, -0.15) is 0 Å². The van der Waals surface area contributed by atoms with Crippen molar-refractivity contribution < 1.29 is 23.7 Å². The Bertz CT molecular complexity index is 488. The van der Waals surface area contributed by atoms with Gasteiger partial charge in [0, 0.05) is 29.9 Å². The zero-order valence-corrected chi connectivity index (χ0v) is 12.8. The number of rotatable bonds is 8. The van der Waals surface area contributed by atoms with Gasteiger partial charge in [0.1, 0.15) is 0 Å². The van der Waals surface area contributed by atoms with E-state index in [0.29, 0.717) is 29.4 Å². The lowest BCUT2D eigenvalue weighted by atomic mass is 10.2. The van der Waals surface area contributed by atoms with Crippen LogP contribution in [0.5, 0.6) is 17.2 Å². The Balaban J connectivity index is 2.84. The number of esters is 1. The van der Waals surface area contributed by atoms with Crippen LogP contribution in [0.1, 0.15) is 6.92 Å². The van der Waals surface area contributed by atoms with Crippen LogP contribution >= 0.6 is 0 Å². The molecule has 0 atom stereocenters. The van der Waals surface area contributed by atoms with Crippen LogP contribution < -0.4 is 19.5 Å². The third-order valence-electron chi connectivity index (χ3n) is 2.73. The summed E-state index contributed by atoms with van der Waals surface area (Å²) in [5.74, 6) is 1.15. The van der Waals surface area contributed by atoms with Gasteiger partial charge in [0.15, 0.2) is 11.5 Å². The van der Waals surface area contributed by atoms with Crippen molar-refractivity contribution in [3.63, 3.8) is 0 Å². The van der Waals surface area contributed by atoms with Crippen molar-refractivity contribution in [3.05, 3.63) is 24.3 Å². The predicted molar refractivity (Wildman–Crippen MR) is 80.4 cm³/mol. The number of ether oxygens (including phenoxy) is 4. The maximum Gasteiger partial charge on any atom is 0.335 e. The summed E-state index contributed by atoms with van der Waals surface area (Å²) in [5, 5.41) is 3.07. The normalized spacial score (nSPS) is 9.71. The second-order valence-corrected chi connectivity index (χ2v) is 4.09. The molecule has 0 heterocycles. The third kappa shape index (κ3) is 4.30. The van der Waals surface area contributed by atoms with E-state index < -0.39 is 5.97 Å². The van der Waals surface area contributed by atoms with E-state index in [1.54, 1.807) is 33.3 Å². The van der Waals surface area contributed by atoms with Crippen molar-refractivity contribution in [2.75, 3.05) is 39.8 Å². The molecule has 0 radical (unpaired) electrons. The van der Waals surface area contributed by atoms with Crippen LogP contribution in [0.15, 0.2) is 24.3 Å². The molecule has 0 amide bonds. The Kier molecular flexibility index (Phi) is 6.39. The van der Waals surface area contributed by atoms with Gasteiger partial charge in [-0.25, -0.2) is 4.79 Å². The molecule has 1 aromatic carbocycles. The van der Waals surface area contributed by atoms with Crippen LogP contribution in [0.3, 0.4) is 0 Å². The van der Waals surface area contributed by atoms with E-state index in [1.807, 2.05) is 0 Å². The summed E-state index contributed by atoms with van der Waals surface area (Å²) in [6.45, 7) is 6.01. The summed E-state index contributed by atoms with van der Waals surface area (Å²) in [5.41, 5.74) is 1.06. The van der Waals surface area contributed by atoms with E-state index in [0.717, 1.165) is 5.69 Å². The van der Waals surface area contributed by atoms with Gasteiger partial charge in [0.05, 0.1) is 27.9 Å². The van der Waals surface area contributed by atoms with E-state index in [-0.39, 0.29) is 6.54 Å². The van der Waals surface area contributed by atoms with Gasteiger partial charge >= 0.3 is 5.97 Å². The first kappa shape index (κ1) is 16.7. The SMILES string of the molecule is C=C(CNc1cc(OC)c(OC)c(OC)c1)C(=O)OCC. The summed E-state index contributed by atoms with van der Waals surface area (Å²) in [7, 11) is 4.62. The molecule has 0 aliphatic heterocycles. The molecular formula is C15H21NO5. The van der Waals surface area contributed by atoms with Crippen LogP contribution in [0.2, 0.25) is 0 Å². The van der Waals surface area contributed by atoms with Gasteiger partial charge in [-0.15, -0.1) is 0 Å². The zero-order chi connectivity index (χ0) is 15.8. The van der Waals surface area contributed by atoms with Crippen molar-refractivity contribution in [1.82, 2.24) is 0 Å². The highest BCUT2D eigenvalue weighted by atomic mass is 16.5. The summed E-state index contributed by atoms with van der Waals surface area (Å²) in [6, 6.07) is 3.50. The summed E-state index contributed by atoms with van der Waals surface area (Å²) >= 11 is 0. The van der Waals surface area contributed by atoms with Crippen molar-refractivity contribution in [1.29, 1.82) is 0 Å². The molecule has 0 fully saturated rings. The predicted octanol–water partition coefficient (Wildman–Crippen LogP) is 2.24. The monoisotopic (exact) mass is 295 g/mol. The topological polar surface area (TPSA) is 66.0 Å². The van der Waals surface area contributed by atoms with Crippen molar-refractivity contribution in [3.8, 4) is 17.2 Å². The van der Waals surface area contributed by atoms with E-state index in [1.165, 1.54) is 7.11 Å². The lowest BCUT2D eigenvalue weighted by Crippen LogP contribution is -2.14. The van der Waals surface area contributed by atoms with E-state index >= 15 is 0 Å². The van der Waals surface area contributed by atoms with Crippen LogP contribution in [0.25, 0.3) is 0 Å².